The number of thiocarbonyl (C=S) groups is 1. The zero-order chi connectivity index (χ0) is 17.5. The van der Waals surface area contributed by atoms with E-state index in [1.54, 1.807) is 19.2 Å². The summed E-state index contributed by atoms with van der Waals surface area (Å²) in [4.78, 5) is 13.3. The highest BCUT2D eigenvalue weighted by molar-refractivity contribution is 7.80. The Labute approximate surface area is 158 Å². The minimum absolute atomic E-state index is 0.0141. The topological polar surface area (TPSA) is 38.3 Å². The minimum Gasteiger partial charge on any atom is -0.385 e. The molecule has 0 aromatic heterocycles. The molecule has 0 aliphatic heterocycles. The molecule has 1 N–H and O–H groups in total. The van der Waals surface area contributed by atoms with Crippen LogP contribution in [0, 0.1) is 11.3 Å². The molecular weight excluding hydrogens is 365 g/mol. The minimum atomic E-state index is -0.132. The second-order valence-corrected chi connectivity index (χ2v) is 8.44. The summed E-state index contributed by atoms with van der Waals surface area (Å²) in [5.74, 6) is 0.439. The maximum absolute atomic E-state index is 12.6. The molecule has 3 aliphatic carbocycles. The standard InChI is InChI=1S/C18H21Cl2NO2S/c1-11(5-6-23-2)15(22)17-8-18(9-17,10-17)21-16(24)12-3-4-13(19)14(20)7-12/h3-4,7,11H,5-6,8-10H2,1-2H3,(H,21,24). The number of halogens is 2. The molecule has 3 fully saturated rings. The number of nitrogens with one attached hydrogen (secondary N) is 1. The molecule has 6 heteroatoms. The van der Waals surface area contributed by atoms with Gasteiger partial charge in [0.05, 0.1) is 10.0 Å². The number of ether oxygens (including phenoxy) is 1. The number of hydrogen-bond donors (Lipinski definition) is 1. The first-order valence-corrected chi connectivity index (χ1v) is 9.28. The van der Waals surface area contributed by atoms with Gasteiger partial charge >= 0.3 is 0 Å². The zero-order valence-electron chi connectivity index (χ0n) is 13.8. The Balaban J connectivity index is 1.56. The summed E-state index contributed by atoms with van der Waals surface area (Å²) in [5.41, 5.74) is 0.714. The number of rotatable bonds is 7. The quantitative estimate of drug-likeness (QED) is 0.704. The van der Waals surface area contributed by atoms with Crippen molar-refractivity contribution < 1.29 is 9.53 Å². The zero-order valence-corrected chi connectivity index (χ0v) is 16.2. The van der Waals surface area contributed by atoms with Crippen LogP contribution in [0.2, 0.25) is 10.0 Å². The van der Waals surface area contributed by atoms with Gasteiger partial charge in [0, 0.05) is 36.2 Å². The number of ketones is 1. The van der Waals surface area contributed by atoms with Crippen molar-refractivity contribution in [2.75, 3.05) is 13.7 Å². The molecular formula is C18H21Cl2NO2S. The van der Waals surface area contributed by atoms with E-state index in [0.29, 0.717) is 27.4 Å². The smallest absolute Gasteiger partial charge is 0.142 e. The fourth-order valence-corrected chi connectivity index (χ4v) is 4.72. The van der Waals surface area contributed by atoms with E-state index in [0.717, 1.165) is 31.2 Å². The summed E-state index contributed by atoms with van der Waals surface area (Å²) in [7, 11) is 1.67. The molecule has 1 atom stereocenters. The lowest BCUT2D eigenvalue weighted by Gasteiger charge is -2.70. The van der Waals surface area contributed by atoms with E-state index < -0.39 is 0 Å². The van der Waals surface area contributed by atoms with Crippen LogP contribution in [-0.4, -0.2) is 30.0 Å². The molecule has 3 nitrogen and oxygen atoms in total. The third-order valence-corrected chi connectivity index (χ3v) is 6.39. The molecule has 2 bridgehead atoms. The molecule has 0 spiro atoms. The van der Waals surface area contributed by atoms with E-state index in [4.69, 9.17) is 40.2 Å². The van der Waals surface area contributed by atoms with Gasteiger partial charge in [0.1, 0.15) is 10.8 Å². The molecule has 1 aromatic carbocycles. The summed E-state index contributed by atoms with van der Waals surface area (Å²) in [5, 5.41) is 4.45. The third kappa shape index (κ3) is 3.10. The summed E-state index contributed by atoms with van der Waals surface area (Å²) >= 11 is 17.5. The van der Waals surface area contributed by atoms with E-state index >= 15 is 0 Å². The second kappa shape index (κ2) is 6.56. The van der Waals surface area contributed by atoms with Crippen molar-refractivity contribution >= 4 is 46.2 Å². The molecule has 3 aliphatic rings. The first kappa shape index (κ1) is 18.1. The van der Waals surface area contributed by atoms with Gasteiger partial charge in [-0.2, -0.15) is 0 Å². The summed E-state index contributed by atoms with van der Waals surface area (Å²) in [6.45, 7) is 2.63. The van der Waals surface area contributed by atoms with Crippen molar-refractivity contribution in [1.82, 2.24) is 5.32 Å². The second-order valence-electron chi connectivity index (χ2n) is 7.22. The maximum Gasteiger partial charge on any atom is 0.142 e. The predicted molar refractivity (Wildman–Crippen MR) is 101 cm³/mol. The van der Waals surface area contributed by atoms with Gasteiger partial charge in [-0.05, 0) is 37.8 Å². The Kier molecular flexibility index (Phi) is 4.95. The van der Waals surface area contributed by atoms with Crippen LogP contribution in [0.4, 0.5) is 0 Å². The summed E-state index contributed by atoms with van der Waals surface area (Å²) in [6, 6.07) is 5.39. The van der Waals surface area contributed by atoms with Crippen LogP contribution in [0.5, 0.6) is 0 Å². The van der Waals surface area contributed by atoms with Gasteiger partial charge in [0.15, 0.2) is 0 Å². The van der Waals surface area contributed by atoms with Crippen molar-refractivity contribution in [3.63, 3.8) is 0 Å². The Morgan fingerprint density at radius 2 is 2.00 bits per heavy atom. The SMILES string of the molecule is COCCC(C)C(=O)C12CC(NC(=S)c3ccc(Cl)c(Cl)c3)(C1)C2. The largest absolute Gasteiger partial charge is 0.385 e. The van der Waals surface area contributed by atoms with Crippen LogP contribution in [0.1, 0.15) is 38.2 Å². The average molecular weight is 386 g/mol. The van der Waals surface area contributed by atoms with Crippen molar-refractivity contribution in [3.05, 3.63) is 33.8 Å². The van der Waals surface area contributed by atoms with Gasteiger partial charge in [-0.1, -0.05) is 48.4 Å². The number of benzene rings is 1. The van der Waals surface area contributed by atoms with E-state index in [9.17, 15) is 4.79 Å². The predicted octanol–water partition coefficient (Wildman–Crippen LogP) is 4.42. The number of hydrogen-bond acceptors (Lipinski definition) is 3. The fraction of sp³-hybridized carbons (Fsp3) is 0.556. The van der Waals surface area contributed by atoms with Crippen LogP contribution in [0.25, 0.3) is 0 Å². The molecule has 3 saturated carbocycles. The van der Waals surface area contributed by atoms with Gasteiger partial charge < -0.3 is 10.1 Å². The lowest BCUT2D eigenvalue weighted by molar-refractivity contribution is -0.178. The molecule has 0 radical (unpaired) electrons. The molecule has 130 valence electrons. The van der Waals surface area contributed by atoms with Crippen LogP contribution in [-0.2, 0) is 9.53 Å². The van der Waals surface area contributed by atoms with Crippen molar-refractivity contribution in [3.8, 4) is 0 Å². The molecule has 1 aromatic rings. The molecule has 0 amide bonds. The Morgan fingerprint density at radius 1 is 1.33 bits per heavy atom. The molecule has 0 heterocycles. The van der Waals surface area contributed by atoms with Gasteiger partial charge in [0.25, 0.3) is 0 Å². The number of carbonyl (C=O) groups is 1. The Hall–Kier alpha value is -0.680. The van der Waals surface area contributed by atoms with Crippen LogP contribution in [0.3, 0.4) is 0 Å². The molecule has 24 heavy (non-hydrogen) atoms. The van der Waals surface area contributed by atoms with Crippen LogP contribution >= 0.6 is 35.4 Å². The summed E-state index contributed by atoms with van der Waals surface area (Å²) < 4.78 is 5.08. The Bertz CT molecular complexity index is 672. The average Bonchev–Trinajstić information content (AvgIpc) is 2.48. The van der Waals surface area contributed by atoms with Gasteiger partial charge in [0.2, 0.25) is 0 Å². The number of Topliss-reactive ketones (excluding diaryl/α,β-unsaturated/α-hetero) is 1. The monoisotopic (exact) mass is 385 g/mol. The van der Waals surface area contributed by atoms with Crippen molar-refractivity contribution in [2.45, 2.75) is 38.1 Å². The van der Waals surface area contributed by atoms with Crippen molar-refractivity contribution in [1.29, 1.82) is 0 Å². The van der Waals surface area contributed by atoms with Gasteiger partial charge in [-0.25, -0.2) is 0 Å². The lowest BCUT2D eigenvalue weighted by atomic mass is 9.37. The van der Waals surface area contributed by atoms with Crippen LogP contribution < -0.4 is 5.32 Å². The first-order valence-electron chi connectivity index (χ1n) is 8.12. The molecule has 0 saturated heterocycles. The molecule has 4 rings (SSSR count). The van der Waals surface area contributed by atoms with Gasteiger partial charge in [-0.3, -0.25) is 4.79 Å². The van der Waals surface area contributed by atoms with E-state index in [1.165, 1.54) is 0 Å². The normalized spacial score (nSPS) is 28.5. The first-order chi connectivity index (χ1) is 11.3. The van der Waals surface area contributed by atoms with E-state index in [1.807, 2.05) is 13.0 Å². The molecule has 1 unspecified atom stereocenters. The highest BCUT2D eigenvalue weighted by atomic mass is 35.5. The van der Waals surface area contributed by atoms with E-state index in [-0.39, 0.29) is 16.9 Å². The highest BCUT2D eigenvalue weighted by Crippen LogP contribution is 2.68. The summed E-state index contributed by atoms with van der Waals surface area (Å²) in [6.07, 6.45) is 3.41. The van der Waals surface area contributed by atoms with Gasteiger partial charge in [-0.15, -0.1) is 0 Å². The van der Waals surface area contributed by atoms with Crippen LogP contribution in [0.15, 0.2) is 18.2 Å². The fourth-order valence-electron chi connectivity index (χ4n) is 4.08. The third-order valence-electron chi connectivity index (χ3n) is 5.32. The Morgan fingerprint density at radius 3 is 2.58 bits per heavy atom. The number of methoxy groups -OCH3 is 1. The number of carbonyl (C=O) groups excluding carboxylic acids is 1. The highest BCUT2D eigenvalue weighted by Gasteiger charge is 2.71. The maximum atomic E-state index is 12.6. The van der Waals surface area contributed by atoms with E-state index in [2.05, 4.69) is 5.32 Å². The van der Waals surface area contributed by atoms with Crippen molar-refractivity contribution in [2.24, 2.45) is 11.3 Å². The lowest BCUT2D eigenvalue weighted by Crippen LogP contribution is -2.77.